The minimum Gasteiger partial charge on any atom is -0.453 e. The molecule has 3 fully saturated rings. The first-order valence-corrected chi connectivity index (χ1v) is 14.1. The van der Waals surface area contributed by atoms with Crippen LogP contribution >= 0.6 is 0 Å². The fourth-order valence-corrected chi connectivity index (χ4v) is 6.65. The number of hydrogen-bond acceptors (Lipinski definition) is 8. The van der Waals surface area contributed by atoms with E-state index in [4.69, 9.17) is 9.47 Å². The molecule has 3 aliphatic rings. The second-order valence-electron chi connectivity index (χ2n) is 10.1. The molecule has 198 valence electrons. The number of hydrogen-bond donors (Lipinski definition) is 2. The summed E-state index contributed by atoms with van der Waals surface area (Å²) in [5, 5.41) is 12.8. The Kier molecular flexibility index (Phi) is 6.09. The van der Waals surface area contributed by atoms with Crippen LogP contribution in [0.2, 0.25) is 0 Å². The Labute approximate surface area is 218 Å². The molecule has 38 heavy (non-hydrogen) atoms. The van der Waals surface area contributed by atoms with Gasteiger partial charge in [-0.3, -0.25) is 14.1 Å². The Morgan fingerprint density at radius 2 is 2.03 bits per heavy atom. The van der Waals surface area contributed by atoms with E-state index in [2.05, 4.69) is 15.0 Å². The Morgan fingerprint density at radius 3 is 2.76 bits per heavy atom. The van der Waals surface area contributed by atoms with Crippen molar-refractivity contribution in [3.63, 3.8) is 0 Å². The fourth-order valence-electron chi connectivity index (χ4n) is 5.25. The van der Waals surface area contributed by atoms with Crippen molar-refractivity contribution in [3.05, 3.63) is 58.4 Å². The summed E-state index contributed by atoms with van der Waals surface area (Å²) in [6.07, 6.45) is 5.10. The van der Waals surface area contributed by atoms with E-state index in [9.17, 15) is 22.9 Å². The highest BCUT2D eigenvalue weighted by atomic mass is 32.2. The lowest BCUT2D eigenvalue weighted by Gasteiger charge is -2.32. The summed E-state index contributed by atoms with van der Waals surface area (Å²) in [7, 11) is -3.68. The van der Waals surface area contributed by atoms with Gasteiger partial charge < -0.3 is 14.8 Å². The second-order valence-corrected chi connectivity index (χ2v) is 12.1. The van der Waals surface area contributed by atoms with Crippen molar-refractivity contribution in [2.24, 2.45) is 0 Å². The average Bonchev–Trinajstić information content (AvgIpc) is 3.70. The summed E-state index contributed by atoms with van der Waals surface area (Å²) in [6, 6.07) is 8.48. The first-order valence-electron chi connectivity index (χ1n) is 12.6. The van der Waals surface area contributed by atoms with Gasteiger partial charge in [-0.25, -0.2) is 17.8 Å². The van der Waals surface area contributed by atoms with Gasteiger partial charge in [0.05, 0.1) is 46.4 Å². The molecular weight excluding hydrogens is 513 g/mol. The monoisotopic (exact) mass is 539 g/mol. The van der Waals surface area contributed by atoms with Crippen molar-refractivity contribution in [2.45, 2.75) is 49.0 Å². The molecule has 3 heterocycles. The number of sulfonamides is 1. The number of fused-ring (bicyclic) bond motifs is 1. The molecule has 6 rings (SSSR count). The number of nitrogens with one attached hydrogen (secondary N) is 2. The van der Waals surface area contributed by atoms with Crippen molar-refractivity contribution >= 4 is 26.6 Å². The third-order valence-corrected chi connectivity index (χ3v) is 9.36. The third-order valence-electron chi connectivity index (χ3n) is 7.51. The van der Waals surface area contributed by atoms with Crippen LogP contribution in [0, 0.1) is 17.1 Å². The minimum absolute atomic E-state index is 0.0614. The topological polar surface area (TPSA) is 135 Å². The molecule has 2 N–H and O–H groups in total. The summed E-state index contributed by atoms with van der Waals surface area (Å²) >= 11 is 0. The summed E-state index contributed by atoms with van der Waals surface area (Å²) in [5.74, 6) is -1.15. The number of halogens is 1. The van der Waals surface area contributed by atoms with Crippen LogP contribution in [0.1, 0.15) is 43.7 Å². The van der Waals surface area contributed by atoms with Gasteiger partial charge in [-0.15, -0.1) is 0 Å². The molecule has 0 unspecified atom stereocenters. The van der Waals surface area contributed by atoms with Crippen molar-refractivity contribution in [1.82, 2.24) is 14.9 Å². The van der Waals surface area contributed by atoms with E-state index in [-0.39, 0.29) is 39.6 Å². The van der Waals surface area contributed by atoms with Gasteiger partial charge in [-0.05, 0) is 75.5 Å². The highest BCUT2D eigenvalue weighted by molar-refractivity contribution is 7.93. The minimum atomic E-state index is -3.68. The molecule has 2 aliphatic heterocycles. The van der Waals surface area contributed by atoms with Crippen molar-refractivity contribution in [3.8, 4) is 17.6 Å². The predicted molar refractivity (Wildman–Crippen MR) is 137 cm³/mol. The second kappa shape index (κ2) is 9.34. The van der Waals surface area contributed by atoms with Crippen molar-refractivity contribution in [1.29, 1.82) is 5.26 Å². The zero-order valence-electron chi connectivity index (χ0n) is 20.4. The van der Waals surface area contributed by atoms with Crippen LogP contribution < -0.4 is 20.3 Å². The van der Waals surface area contributed by atoms with E-state index in [0.717, 1.165) is 38.4 Å². The number of nitrogens with zero attached hydrogens (tertiary/aromatic N) is 3. The summed E-state index contributed by atoms with van der Waals surface area (Å²) in [5.41, 5.74) is -0.401. The number of aromatic nitrogens is 2. The van der Waals surface area contributed by atoms with Crippen LogP contribution in [0.5, 0.6) is 11.5 Å². The van der Waals surface area contributed by atoms with Crippen LogP contribution in [0.25, 0.3) is 10.9 Å². The van der Waals surface area contributed by atoms with Gasteiger partial charge in [0.1, 0.15) is 17.4 Å². The van der Waals surface area contributed by atoms with Gasteiger partial charge in [-0.1, -0.05) is 0 Å². The number of benzene rings is 2. The zero-order valence-corrected chi connectivity index (χ0v) is 21.3. The molecule has 3 aromatic rings. The van der Waals surface area contributed by atoms with E-state index in [1.54, 1.807) is 10.6 Å². The maximum absolute atomic E-state index is 14.8. The highest BCUT2D eigenvalue weighted by Gasteiger charge is 2.42. The summed E-state index contributed by atoms with van der Waals surface area (Å²) < 4.78 is 55.4. The largest absolute Gasteiger partial charge is 0.453 e. The number of anilines is 1. The van der Waals surface area contributed by atoms with Crippen molar-refractivity contribution < 1.29 is 22.3 Å². The summed E-state index contributed by atoms with van der Waals surface area (Å²) in [6.45, 7) is 2.18. The smallest absolute Gasteiger partial charge is 0.261 e. The van der Waals surface area contributed by atoms with Gasteiger partial charge in [0.2, 0.25) is 10.0 Å². The van der Waals surface area contributed by atoms with Gasteiger partial charge in [0.25, 0.3) is 5.56 Å². The number of rotatable bonds is 6. The number of ether oxygens (including phenoxy) is 2. The third kappa shape index (κ3) is 4.51. The molecule has 10 nitrogen and oxygen atoms in total. The zero-order chi connectivity index (χ0) is 26.5. The maximum atomic E-state index is 14.8. The molecule has 2 saturated heterocycles. The number of piperidine rings is 1. The van der Waals surface area contributed by atoms with Gasteiger partial charge >= 0.3 is 0 Å². The lowest BCUT2D eigenvalue weighted by Crippen LogP contribution is -2.41. The van der Waals surface area contributed by atoms with Crippen LogP contribution in [-0.2, 0) is 14.8 Å². The van der Waals surface area contributed by atoms with Gasteiger partial charge in [-0.2, -0.15) is 5.26 Å². The van der Waals surface area contributed by atoms with Gasteiger partial charge in [0, 0.05) is 0 Å². The lowest BCUT2D eigenvalue weighted by molar-refractivity contribution is -0.0196. The molecule has 2 aromatic carbocycles. The van der Waals surface area contributed by atoms with E-state index in [1.165, 1.54) is 24.5 Å². The standard InChI is InChI=1S/C26H26FN5O5S/c27-21-4-6-23(31-38(34,35)18-2-3-18)20(13-28)24(21)37-17-1-5-22-19(11-17)25(33)32(15-30-22)16-12-26(36-14-16)7-9-29-10-8-26/h1,4-6,11,15-16,18,29,31H,2-3,7-10,12,14H2/t16-/m1/s1. The first kappa shape index (κ1) is 24.8. The number of nitriles is 1. The molecule has 0 radical (unpaired) electrons. The van der Waals surface area contributed by atoms with E-state index >= 15 is 0 Å². The molecule has 1 atom stereocenters. The van der Waals surface area contributed by atoms with E-state index in [1.807, 2.05) is 6.07 Å². The van der Waals surface area contributed by atoms with Crippen molar-refractivity contribution in [2.75, 3.05) is 24.4 Å². The molecule has 1 aliphatic carbocycles. The normalized spacial score (nSPS) is 20.9. The Balaban J connectivity index is 1.31. The molecule has 0 amide bonds. The molecule has 1 spiro atoms. The van der Waals surface area contributed by atoms with Gasteiger partial charge in [0.15, 0.2) is 11.6 Å². The molecule has 12 heteroatoms. The average molecular weight is 540 g/mol. The molecular formula is C26H26FN5O5S. The summed E-state index contributed by atoms with van der Waals surface area (Å²) in [4.78, 5) is 17.9. The van der Waals surface area contributed by atoms with E-state index < -0.39 is 26.8 Å². The first-order chi connectivity index (χ1) is 18.3. The van der Waals surface area contributed by atoms with Crippen LogP contribution in [0.15, 0.2) is 41.5 Å². The van der Waals surface area contributed by atoms with Crippen LogP contribution in [0.4, 0.5) is 10.1 Å². The quantitative estimate of drug-likeness (QED) is 0.488. The Morgan fingerprint density at radius 1 is 1.24 bits per heavy atom. The Bertz CT molecular complexity index is 1620. The van der Waals surface area contributed by atoms with E-state index in [0.29, 0.717) is 25.0 Å². The predicted octanol–water partition coefficient (Wildman–Crippen LogP) is 3.19. The molecule has 0 bridgehead atoms. The lowest BCUT2D eigenvalue weighted by atomic mass is 9.88. The molecule has 1 saturated carbocycles. The fraction of sp³-hybridized carbons (Fsp3) is 0.423. The molecule has 1 aromatic heterocycles. The van der Waals surface area contributed by atoms with Crippen LogP contribution in [0.3, 0.4) is 0 Å². The van der Waals surface area contributed by atoms with Crippen LogP contribution in [-0.4, -0.2) is 48.5 Å². The Hall–Kier alpha value is -3.53. The highest BCUT2D eigenvalue weighted by Crippen LogP contribution is 2.39. The maximum Gasteiger partial charge on any atom is 0.261 e. The SMILES string of the molecule is N#Cc1c(NS(=O)(=O)C2CC2)ccc(F)c1Oc1ccc2ncn([C@H]3COC4(CCNCC4)C3)c(=O)c2c1.